The molecule has 0 unspecified atom stereocenters. The van der Waals surface area contributed by atoms with Crippen LogP contribution in [0.15, 0.2) is 12.4 Å². The van der Waals surface area contributed by atoms with Crippen molar-refractivity contribution in [3.05, 3.63) is 18.0 Å². The number of alkyl halides is 2. The predicted octanol–water partition coefficient (Wildman–Crippen LogP) is 1.66. The van der Waals surface area contributed by atoms with E-state index < -0.39 is 11.8 Å². The molecule has 0 saturated heterocycles. The van der Waals surface area contributed by atoms with E-state index in [1.165, 1.54) is 0 Å². The number of aromatic nitrogens is 2. The minimum absolute atomic E-state index is 0.0352. The van der Waals surface area contributed by atoms with Gasteiger partial charge in [0.2, 0.25) is 0 Å². The first-order valence-electron chi connectivity index (χ1n) is 2.63. The number of rotatable bonds is 2. The minimum Gasteiger partial charge on any atom is -0.275 e. The predicted molar refractivity (Wildman–Crippen MR) is 33.7 cm³/mol. The molecule has 0 saturated carbocycles. The first-order valence-corrected chi connectivity index (χ1v) is 3.01. The molecule has 6 heteroatoms. The van der Waals surface area contributed by atoms with E-state index in [2.05, 4.69) is 5.10 Å². The highest BCUT2D eigenvalue weighted by Crippen LogP contribution is 2.10. The van der Waals surface area contributed by atoms with Gasteiger partial charge in [0, 0.05) is 6.20 Å². The second-order valence-electron chi connectivity index (χ2n) is 1.76. The van der Waals surface area contributed by atoms with E-state index in [-0.39, 0.29) is 5.56 Å². The number of halogens is 3. The number of carbonyl (C=O) groups excluding carboxylic acids is 1. The van der Waals surface area contributed by atoms with Crippen LogP contribution in [-0.4, -0.2) is 15.0 Å². The molecule has 0 aliphatic rings. The van der Waals surface area contributed by atoms with Crippen molar-refractivity contribution < 1.29 is 13.6 Å². The highest BCUT2D eigenvalue weighted by molar-refractivity contribution is 6.67. The first-order chi connectivity index (χ1) is 5.11. The summed E-state index contributed by atoms with van der Waals surface area (Å²) in [5.41, 5.74) is -0.0352. The summed E-state index contributed by atoms with van der Waals surface area (Å²) in [6.07, 6.45) is 1.88. The Bertz CT molecular complexity index is 273. The van der Waals surface area contributed by atoms with Crippen LogP contribution in [-0.2, 0) is 0 Å². The van der Waals surface area contributed by atoms with Crippen LogP contribution in [0.3, 0.4) is 0 Å². The van der Waals surface area contributed by atoms with E-state index >= 15 is 0 Å². The lowest BCUT2D eigenvalue weighted by molar-refractivity contribution is 0.0565. The molecule has 0 N–H and O–H groups in total. The van der Waals surface area contributed by atoms with Crippen molar-refractivity contribution in [1.82, 2.24) is 9.78 Å². The zero-order valence-electron chi connectivity index (χ0n) is 5.17. The maximum absolute atomic E-state index is 11.8. The minimum atomic E-state index is -2.74. The molecule has 1 aromatic heterocycles. The van der Waals surface area contributed by atoms with Crippen LogP contribution >= 0.6 is 11.6 Å². The molecule has 0 atom stereocenters. The zero-order valence-corrected chi connectivity index (χ0v) is 5.92. The second kappa shape index (κ2) is 2.96. The van der Waals surface area contributed by atoms with Crippen molar-refractivity contribution in [2.45, 2.75) is 6.55 Å². The third kappa shape index (κ3) is 1.74. The molecule has 11 heavy (non-hydrogen) atoms. The lowest BCUT2D eigenvalue weighted by Gasteiger charge is -1.94. The van der Waals surface area contributed by atoms with E-state index in [0.29, 0.717) is 4.68 Å². The first kappa shape index (κ1) is 8.13. The third-order valence-corrected chi connectivity index (χ3v) is 1.25. The van der Waals surface area contributed by atoms with Crippen LogP contribution in [0, 0.1) is 0 Å². The molecule has 0 radical (unpaired) electrons. The molecule has 0 spiro atoms. The standard InChI is InChI=1S/C5H3ClF2N2O/c6-4(11)3-1-9-10(2-3)5(7)8/h1-2,5H. The summed E-state index contributed by atoms with van der Waals surface area (Å²) in [7, 11) is 0. The van der Waals surface area contributed by atoms with Gasteiger partial charge in [-0.2, -0.15) is 13.9 Å². The summed E-state index contributed by atoms with van der Waals surface area (Å²) in [4.78, 5) is 10.3. The van der Waals surface area contributed by atoms with Crippen LogP contribution in [0.1, 0.15) is 16.9 Å². The molecule has 0 aliphatic carbocycles. The lowest BCUT2D eigenvalue weighted by Crippen LogP contribution is -1.97. The van der Waals surface area contributed by atoms with Gasteiger partial charge in [0.05, 0.1) is 11.8 Å². The summed E-state index contributed by atoms with van der Waals surface area (Å²) < 4.78 is 23.9. The van der Waals surface area contributed by atoms with Crippen molar-refractivity contribution in [3.8, 4) is 0 Å². The molecule has 0 aromatic carbocycles. The average molecular weight is 181 g/mol. The Morgan fingerprint density at radius 2 is 2.36 bits per heavy atom. The molecule has 1 heterocycles. The van der Waals surface area contributed by atoms with E-state index in [4.69, 9.17) is 11.6 Å². The Balaban J connectivity index is 2.90. The molecule has 1 aromatic rings. The maximum Gasteiger partial charge on any atom is 0.333 e. The molecular formula is C5H3ClF2N2O. The quantitative estimate of drug-likeness (QED) is 0.649. The molecule has 0 bridgehead atoms. The Kier molecular flexibility index (Phi) is 2.19. The van der Waals surface area contributed by atoms with E-state index in [0.717, 1.165) is 12.4 Å². The fourth-order valence-electron chi connectivity index (χ4n) is 0.546. The highest BCUT2D eigenvalue weighted by Gasteiger charge is 2.10. The maximum atomic E-state index is 11.8. The van der Waals surface area contributed by atoms with Crippen molar-refractivity contribution in [2.24, 2.45) is 0 Å². The monoisotopic (exact) mass is 180 g/mol. The number of hydrogen-bond donors (Lipinski definition) is 0. The van der Waals surface area contributed by atoms with Gasteiger partial charge in [0.15, 0.2) is 0 Å². The van der Waals surface area contributed by atoms with Gasteiger partial charge >= 0.3 is 6.55 Å². The molecule has 3 nitrogen and oxygen atoms in total. The zero-order chi connectivity index (χ0) is 8.43. The van der Waals surface area contributed by atoms with Gasteiger partial charge in [-0.3, -0.25) is 4.79 Å². The average Bonchev–Trinajstić information content (AvgIpc) is 2.33. The van der Waals surface area contributed by atoms with Crippen molar-refractivity contribution in [2.75, 3.05) is 0 Å². The van der Waals surface area contributed by atoms with E-state index in [1.807, 2.05) is 0 Å². The topological polar surface area (TPSA) is 34.9 Å². The van der Waals surface area contributed by atoms with Crippen molar-refractivity contribution in [1.29, 1.82) is 0 Å². The van der Waals surface area contributed by atoms with E-state index in [9.17, 15) is 13.6 Å². The molecule has 0 fully saturated rings. The van der Waals surface area contributed by atoms with Gasteiger partial charge in [0.25, 0.3) is 5.24 Å². The number of carbonyl (C=O) groups is 1. The Hall–Kier alpha value is -0.970. The Morgan fingerprint density at radius 1 is 1.73 bits per heavy atom. The Morgan fingerprint density at radius 3 is 2.64 bits per heavy atom. The van der Waals surface area contributed by atoms with Crippen molar-refractivity contribution >= 4 is 16.8 Å². The smallest absolute Gasteiger partial charge is 0.275 e. The van der Waals surface area contributed by atoms with Gasteiger partial charge in [-0.05, 0) is 11.6 Å². The molecule has 60 valence electrons. The molecular weight excluding hydrogens is 178 g/mol. The van der Waals surface area contributed by atoms with Gasteiger partial charge in [-0.15, -0.1) is 0 Å². The van der Waals surface area contributed by atoms with E-state index in [1.54, 1.807) is 0 Å². The normalized spacial score (nSPS) is 10.5. The van der Waals surface area contributed by atoms with Gasteiger partial charge in [0.1, 0.15) is 0 Å². The van der Waals surface area contributed by atoms with Crippen LogP contribution in [0.4, 0.5) is 8.78 Å². The molecule has 0 amide bonds. The van der Waals surface area contributed by atoms with Gasteiger partial charge < -0.3 is 0 Å². The summed E-state index contributed by atoms with van der Waals surface area (Å²) in [6.45, 7) is -2.74. The Labute approximate surface area is 65.6 Å². The third-order valence-electron chi connectivity index (χ3n) is 1.03. The van der Waals surface area contributed by atoms with Gasteiger partial charge in [-0.25, -0.2) is 4.68 Å². The lowest BCUT2D eigenvalue weighted by atomic mass is 10.4. The number of nitrogens with zero attached hydrogens (tertiary/aromatic N) is 2. The van der Waals surface area contributed by atoms with Gasteiger partial charge in [-0.1, -0.05) is 0 Å². The van der Waals surface area contributed by atoms with Crippen LogP contribution in [0.25, 0.3) is 0 Å². The largest absolute Gasteiger partial charge is 0.333 e. The molecule has 0 aliphatic heterocycles. The summed E-state index contributed by atoms with van der Waals surface area (Å²) in [5, 5.41) is 2.40. The van der Waals surface area contributed by atoms with Crippen LogP contribution in [0.5, 0.6) is 0 Å². The summed E-state index contributed by atoms with van der Waals surface area (Å²) in [5.74, 6) is 0. The fraction of sp³-hybridized carbons (Fsp3) is 0.200. The highest BCUT2D eigenvalue weighted by atomic mass is 35.5. The number of hydrogen-bond acceptors (Lipinski definition) is 2. The summed E-state index contributed by atoms with van der Waals surface area (Å²) in [6, 6.07) is 0. The fourth-order valence-corrected chi connectivity index (χ4v) is 0.644. The van der Waals surface area contributed by atoms with Crippen molar-refractivity contribution in [3.63, 3.8) is 0 Å². The van der Waals surface area contributed by atoms with Crippen LogP contribution < -0.4 is 0 Å². The molecule has 1 rings (SSSR count). The second-order valence-corrected chi connectivity index (χ2v) is 2.10. The SMILES string of the molecule is O=C(Cl)c1cnn(C(F)F)c1. The van der Waals surface area contributed by atoms with Crippen LogP contribution in [0.2, 0.25) is 0 Å². The summed E-state index contributed by atoms with van der Waals surface area (Å²) >= 11 is 4.98.